The van der Waals surface area contributed by atoms with Gasteiger partial charge in [0.2, 0.25) is 0 Å². The zero-order chi connectivity index (χ0) is 13.3. The van der Waals surface area contributed by atoms with Crippen LogP contribution in [0.1, 0.15) is 25.1 Å². The third-order valence-electron chi connectivity index (χ3n) is 3.22. The molecule has 0 fully saturated rings. The van der Waals surface area contributed by atoms with E-state index >= 15 is 0 Å². The number of aromatic nitrogens is 1. The number of hydrogen-bond acceptors (Lipinski definition) is 2. The highest BCUT2D eigenvalue weighted by Crippen LogP contribution is 2.21. The molecular weight excluding hydrogens is 224 g/mol. The molecule has 1 heterocycles. The summed E-state index contributed by atoms with van der Waals surface area (Å²) in [4.78, 5) is 0. The van der Waals surface area contributed by atoms with Crippen LogP contribution in [0.5, 0.6) is 0 Å². The molecule has 3 heteroatoms. The van der Waals surface area contributed by atoms with E-state index in [0.717, 1.165) is 6.54 Å². The number of rotatable bonds is 4. The molecule has 2 aromatic rings. The number of aryl methyl sites for hydroxylation is 2. The predicted molar refractivity (Wildman–Crippen MR) is 75.7 cm³/mol. The van der Waals surface area contributed by atoms with Crippen molar-refractivity contribution < 1.29 is 5.11 Å². The van der Waals surface area contributed by atoms with Crippen molar-refractivity contribution in [3.8, 4) is 0 Å². The fraction of sp³-hybridized carbons (Fsp3) is 0.467. The Morgan fingerprint density at radius 3 is 2.67 bits per heavy atom. The zero-order valence-electron chi connectivity index (χ0n) is 11.6. The van der Waals surface area contributed by atoms with E-state index in [-0.39, 0.29) is 0 Å². The van der Waals surface area contributed by atoms with Crippen LogP contribution in [0.25, 0.3) is 10.9 Å². The lowest BCUT2D eigenvalue weighted by Gasteiger charge is -2.17. The minimum absolute atomic E-state index is 0.591. The number of para-hydroxylation sites is 1. The van der Waals surface area contributed by atoms with Crippen LogP contribution < -0.4 is 5.32 Å². The van der Waals surface area contributed by atoms with E-state index in [9.17, 15) is 5.11 Å². The molecule has 0 spiro atoms. The van der Waals surface area contributed by atoms with Gasteiger partial charge in [0.05, 0.1) is 11.1 Å². The minimum atomic E-state index is -0.666. The lowest BCUT2D eigenvalue weighted by molar-refractivity contribution is 0.0793. The van der Waals surface area contributed by atoms with Crippen molar-refractivity contribution in [1.29, 1.82) is 0 Å². The van der Waals surface area contributed by atoms with Gasteiger partial charge in [0.1, 0.15) is 0 Å². The summed E-state index contributed by atoms with van der Waals surface area (Å²) >= 11 is 0. The van der Waals surface area contributed by atoms with Crippen molar-refractivity contribution in [2.24, 2.45) is 7.05 Å². The number of hydrogen-bond donors (Lipinski definition) is 2. The average Bonchev–Trinajstić information content (AvgIpc) is 2.55. The van der Waals surface area contributed by atoms with Gasteiger partial charge >= 0.3 is 0 Å². The highest BCUT2D eigenvalue weighted by Gasteiger charge is 2.12. The molecule has 18 heavy (non-hydrogen) atoms. The van der Waals surface area contributed by atoms with Gasteiger partial charge < -0.3 is 15.0 Å². The Hall–Kier alpha value is -1.32. The van der Waals surface area contributed by atoms with E-state index < -0.39 is 5.60 Å². The number of nitrogens with one attached hydrogen (secondary N) is 1. The van der Waals surface area contributed by atoms with Gasteiger partial charge in [-0.05, 0) is 32.4 Å². The second-order valence-electron chi connectivity index (χ2n) is 5.62. The highest BCUT2D eigenvalue weighted by molar-refractivity contribution is 5.84. The Bertz CT molecular complexity index is 549. The topological polar surface area (TPSA) is 37.2 Å². The summed E-state index contributed by atoms with van der Waals surface area (Å²) in [5.41, 5.74) is 3.16. The second-order valence-corrected chi connectivity index (χ2v) is 5.62. The Kier molecular flexibility index (Phi) is 3.46. The van der Waals surface area contributed by atoms with Crippen LogP contribution in [-0.4, -0.2) is 21.8 Å². The molecule has 1 aromatic heterocycles. The number of fused-ring (bicyclic) bond motifs is 1. The maximum Gasteiger partial charge on any atom is 0.0715 e. The molecule has 2 rings (SSSR count). The SMILES string of the molecule is Cc1cccc2cc(CNCC(C)(C)O)n(C)c12. The van der Waals surface area contributed by atoms with Gasteiger partial charge in [-0.3, -0.25) is 0 Å². The second kappa shape index (κ2) is 4.75. The first-order valence-corrected chi connectivity index (χ1v) is 6.35. The van der Waals surface area contributed by atoms with E-state index in [1.807, 2.05) is 13.8 Å². The molecule has 0 unspecified atom stereocenters. The first-order valence-electron chi connectivity index (χ1n) is 6.35. The first kappa shape index (κ1) is 13.1. The first-order chi connectivity index (χ1) is 8.38. The predicted octanol–water partition coefficient (Wildman–Crippen LogP) is 2.35. The molecule has 0 aliphatic heterocycles. The molecule has 0 radical (unpaired) electrons. The summed E-state index contributed by atoms with van der Waals surface area (Å²) in [7, 11) is 2.09. The standard InChI is InChI=1S/C15H22N2O/c1-11-6-5-7-12-8-13(17(4)14(11)12)9-16-10-15(2,3)18/h5-8,16,18H,9-10H2,1-4H3. The molecule has 0 aliphatic carbocycles. The molecule has 0 atom stereocenters. The van der Waals surface area contributed by atoms with Crippen LogP contribution in [0, 0.1) is 6.92 Å². The van der Waals surface area contributed by atoms with Crippen molar-refractivity contribution in [1.82, 2.24) is 9.88 Å². The van der Waals surface area contributed by atoms with E-state index in [0.29, 0.717) is 6.54 Å². The molecule has 0 amide bonds. The van der Waals surface area contributed by atoms with Gasteiger partial charge in [-0.2, -0.15) is 0 Å². The van der Waals surface area contributed by atoms with Crippen molar-refractivity contribution in [3.05, 3.63) is 35.5 Å². The molecule has 98 valence electrons. The summed E-state index contributed by atoms with van der Waals surface area (Å²) in [5.74, 6) is 0. The fourth-order valence-corrected chi connectivity index (χ4v) is 2.34. The van der Waals surface area contributed by atoms with Crippen LogP contribution in [0.15, 0.2) is 24.3 Å². The molecule has 0 bridgehead atoms. The molecule has 3 nitrogen and oxygen atoms in total. The van der Waals surface area contributed by atoms with Gasteiger partial charge in [-0.1, -0.05) is 18.2 Å². The number of benzene rings is 1. The number of aliphatic hydroxyl groups is 1. The molecule has 0 aliphatic rings. The molecule has 1 aromatic carbocycles. The number of nitrogens with zero attached hydrogens (tertiary/aromatic N) is 1. The van der Waals surface area contributed by atoms with Crippen LogP contribution in [0.4, 0.5) is 0 Å². The van der Waals surface area contributed by atoms with Gasteiger partial charge in [0.15, 0.2) is 0 Å². The third-order valence-corrected chi connectivity index (χ3v) is 3.22. The Balaban J connectivity index is 2.20. The van der Waals surface area contributed by atoms with Gasteiger partial charge in [-0.15, -0.1) is 0 Å². The summed E-state index contributed by atoms with van der Waals surface area (Å²) in [6, 6.07) is 8.57. The van der Waals surface area contributed by atoms with Gasteiger partial charge in [-0.25, -0.2) is 0 Å². The smallest absolute Gasteiger partial charge is 0.0715 e. The molecule has 2 N–H and O–H groups in total. The normalized spacial score (nSPS) is 12.3. The van der Waals surface area contributed by atoms with Crippen LogP contribution in [0.3, 0.4) is 0 Å². The summed E-state index contributed by atoms with van der Waals surface area (Å²) in [5, 5.41) is 14.2. The maximum atomic E-state index is 9.68. The van der Waals surface area contributed by atoms with Crippen LogP contribution in [-0.2, 0) is 13.6 Å². The summed E-state index contributed by atoms with van der Waals surface area (Å²) < 4.78 is 2.22. The quantitative estimate of drug-likeness (QED) is 0.869. The Labute approximate surface area is 108 Å². The van der Waals surface area contributed by atoms with Gasteiger partial charge in [0, 0.05) is 31.2 Å². The molecule has 0 saturated heterocycles. The van der Waals surface area contributed by atoms with Gasteiger partial charge in [0.25, 0.3) is 0 Å². The van der Waals surface area contributed by atoms with Crippen molar-refractivity contribution in [2.75, 3.05) is 6.54 Å². The van der Waals surface area contributed by atoms with Crippen molar-refractivity contribution in [2.45, 2.75) is 32.9 Å². The van der Waals surface area contributed by atoms with Crippen molar-refractivity contribution >= 4 is 10.9 Å². The maximum absolute atomic E-state index is 9.68. The molecule has 0 saturated carbocycles. The van der Waals surface area contributed by atoms with Crippen molar-refractivity contribution in [3.63, 3.8) is 0 Å². The largest absolute Gasteiger partial charge is 0.389 e. The average molecular weight is 246 g/mol. The van der Waals surface area contributed by atoms with E-state index in [1.165, 1.54) is 22.2 Å². The molecular formula is C15H22N2O. The highest BCUT2D eigenvalue weighted by atomic mass is 16.3. The minimum Gasteiger partial charge on any atom is -0.389 e. The summed E-state index contributed by atoms with van der Waals surface area (Å²) in [6.45, 7) is 7.12. The van der Waals surface area contributed by atoms with E-state index in [4.69, 9.17) is 0 Å². The Morgan fingerprint density at radius 1 is 1.33 bits per heavy atom. The fourth-order valence-electron chi connectivity index (χ4n) is 2.34. The zero-order valence-corrected chi connectivity index (χ0v) is 11.6. The lowest BCUT2D eigenvalue weighted by Crippen LogP contribution is -2.34. The lowest BCUT2D eigenvalue weighted by atomic mass is 10.1. The summed E-state index contributed by atoms with van der Waals surface area (Å²) in [6.07, 6.45) is 0. The Morgan fingerprint density at radius 2 is 2.06 bits per heavy atom. The monoisotopic (exact) mass is 246 g/mol. The van der Waals surface area contributed by atoms with Crippen LogP contribution >= 0.6 is 0 Å². The van der Waals surface area contributed by atoms with Crippen LogP contribution in [0.2, 0.25) is 0 Å². The third kappa shape index (κ3) is 2.74. The van der Waals surface area contributed by atoms with E-state index in [1.54, 1.807) is 0 Å². The van der Waals surface area contributed by atoms with E-state index in [2.05, 4.69) is 48.1 Å².